The molecule has 5 nitrogen and oxygen atoms in total. The molecule has 0 bridgehead atoms. The molecule has 0 spiro atoms. The standard InChI is InChI=1S/C22H24N4O/c23-14-19-15-25(16-21(19)18-5-2-1-3-6-18)22(27)13-17-7-9-20(10-8-17)26-12-4-11-24-26/h1-12,19,21H,13-16,23H2/t19-,21+/m1/s1. The number of carbonyl (C=O) groups is 1. The third-order valence-corrected chi connectivity index (χ3v) is 5.38. The van der Waals surface area contributed by atoms with Gasteiger partial charge in [0.2, 0.25) is 5.91 Å². The van der Waals surface area contributed by atoms with Crippen molar-refractivity contribution >= 4 is 5.91 Å². The molecule has 0 saturated carbocycles. The summed E-state index contributed by atoms with van der Waals surface area (Å²) in [4.78, 5) is 14.8. The average molecular weight is 360 g/mol. The van der Waals surface area contributed by atoms with Gasteiger partial charge in [0.25, 0.3) is 0 Å². The van der Waals surface area contributed by atoms with Crippen LogP contribution in [0.1, 0.15) is 17.0 Å². The van der Waals surface area contributed by atoms with E-state index in [-0.39, 0.29) is 5.91 Å². The number of aromatic nitrogens is 2. The number of amides is 1. The van der Waals surface area contributed by atoms with Crippen LogP contribution in [-0.2, 0) is 11.2 Å². The second-order valence-corrected chi connectivity index (χ2v) is 7.11. The van der Waals surface area contributed by atoms with Crippen LogP contribution in [-0.4, -0.2) is 40.2 Å². The Morgan fingerprint density at radius 2 is 1.81 bits per heavy atom. The van der Waals surface area contributed by atoms with E-state index in [0.29, 0.717) is 24.8 Å². The maximum absolute atomic E-state index is 12.8. The van der Waals surface area contributed by atoms with Gasteiger partial charge in [0.1, 0.15) is 0 Å². The van der Waals surface area contributed by atoms with Gasteiger partial charge in [0.05, 0.1) is 12.1 Å². The molecule has 3 aromatic rings. The molecular formula is C22H24N4O. The summed E-state index contributed by atoms with van der Waals surface area (Å²) < 4.78 is 1.81. The Balaban J connectivity index is 1.42. The van der Waals surface area contributed by atoms with E-state index in [9.17, 15) is 4.79 Å². The first-order chi connectivity index (χ1) is 13.2. The lowest BCUT2D eigenvalue weighted by Crippen LogP contribution is -2.31. The molecule has 1 amide bonds. The zero-order chi connectivity index (χ0) is 18.6. The molecule has 1 saturated heterocycles. The molecule has 2 heterocycles. The highest BCUT2D eigenvalue weighted by Gasteiger charge is 2.35. The predicted molar refractivity (Wildman–Crippen MR) is 106 cm³/mol. The lowest BCUT2D eigenvalue weighted by atomic mass is 9.89. The molecule has 4 rings (SSSR count). The highest BCUT2D eigenvalue weighted by Crippen LogP contribution is 2.32. The maximum atomic E-state index is 12.8. The van der Waals surface area contributed by atoms with Crippen LogP contribution >= 0.6 is 0 Å². The summed E-state index contributed by atoms with van der Waals surface area (Å²) in [5.74, 6) is 0.805. The van der Waals surface area contributed by atoms with Crippen LogP contribution in [0.3, 0.4) is 0 Å². The molecule has 138 valence electrons. The smallest absolute Gasteiger partial charge is 0.227 e. The normalized spacial score (nSPS) is 19.4. The Bertz CT molecular complexity index is 874. The molecular weight excluding hydrogens is 336 g/mol. The van der Waals surface area contributed by atoms with Crippen molar-refractivity contribution in [3.63, 3.8) is 0 Å². The molecule has 2 atom stereocenters. The van der Waals surface area contributed by atoms with Gasteiger partial charge in [-0.1, -0.05) is 42.5 Å². The van der Waals surface area contributed by atoms with Gasteiger partial charge >= 0.3 is 0 Å². The van der Waals surface area contributed by atoms with Crippen molar-refractivity contribution in [2.45, 2.75) is 12.3 Å². The number of carbonyl (C=O) groups excluding carboxylic acids is 1. The van der Waals surface area contributed by atoms with Gasteiger partial charge in [-0.05, 0) is 41.8 Å². The topological polar surface area (TPSA) is 64.2 Å². The highest BCUT2D eigenvalue weighted by molar-refractivity contribution is 5.79. The first-order valence-corrected chi connectivity index (χ1v) is 9.36. The van der Waals surface area contributed by atoms with Crippen LogP contribution in [0.4, 0.5) is 0 Å². The number of nitrogens with two attached hydrogens (primary N) is 1. The van der Waals surface area contributed by atoms with Crippen molar-refractivity contribution in [2.75, 3.05) is 19.6 Å². The van der Waals surface area contributed by atoms with Crippen LogP contribution in [0.25, 0.3) is 5.69 Å². The highest BCUT2D eigenvalue weighted by atomic mass is 16.2. The Morgan fingerprint density at radius 3 is 2.48 bits per heavy atom. The number of nitrogens with zero attached hydrogens (tertiary/aromatic N) is 3. The lowest BCUT2D eigenvalue weighted by molar-refractivity contribution is -0.129. The van der Waals surface area contributed by atoms with E-state index in [1.165, 1.54) is 5.56 Å². The Morgan fingerprint density at radius 1 is 1.04 bits per heavy atom. The van der Waals surface area contributed by atoms with Gasteiger partial charge in [-0.3, -0.25) is 4.79 Å². The molecule has 0 aliphatic carbocycles. The number of hydrogen-bond donors (Lipinski definition) is 1. The van der Waals surface area contributed by atoms with Gasteiger partial charge in [-0.2, -0.15) is 5.10 Å². The summed E-state index contributed by atoms with van der Waals surface area (Å²) in [6.45, 7) is 2.08. The maximum Gasteiger partial charge on any atom is 0.227 e. The average Bonchev–Trinajstić information content (AvgIpc) is 3.39. The molecule has 2 N–H and O–H groups in total. The van der Waals surface area contributed by atoms with Crippen LogP contribution in [0.15, 0.2) is 73.1 Å². The minimum absolute atomic E-state index is 0.165. The van der Waals surface area contributed by atoms with E-state index < -0.39 is 0 Å². The van der Waals surface area contributed by atoms with Crippen LogP contribution in [0.2, 0.25) is 0 Å². The second kappa shape index (κ2) is 7.76. The summed E-state index contributed by atoms with van der Waals surface area (Å²) >= 11 is 0. The molecule has 1 aromatic heterocycles. The fraction of sp³-hybridized carbons (Fsp3) is 0.273. The fourth-order valence-electron chi connectivity index (χ4n) is 3.87. The molecule has 27 heavy (non-hydrogen) atoms. The van der Waals surface area contributed by atoms with Crippen LogP contribution in [0.5, 0.6) is 0 Å². The molecule has 2 aromatic carbocycles. The van der Waals surface area contributed by atoms with Crippen molar-refractivity contribution in [1.82, 2.24) is 14.7 Å². The molecule has 1 aliphatic rings. The molecule has 5 heteroatoms. The van der Waals surface area contributed by atoms with Gasteiger partial charge in [0, 0.05) is 31.4 Å². The van der Waals surface area contributed by atoms with Crippen molar-refractivity contribution in [2.24, 2.45) is 11.7 Å². The SMILES string of the molecule is NC[C@@H]1CN(C(=O)Cc2ccc(-n3cccn3)cc2)C[C@H]1c1ccccc1. The third-order valence-electron chi connectivity index (χ3n) is 5.38. The van der Waals surface area contributed by atoms with E-state index in [4.69, 9.17) is 5.73 Å². The summed E-state index contributed by atoms with van der Waals surface area (Å²) in [7, 11) is 0. The third kappa shape index (κ3) is 3.78. The van der Waals surface area contributed by atoms with Gasteiger partial charge in [-0.25, -0.2) is 4.68 Å². The fourth-order valence-corrected chi connectivity index (χ4v) is 3.87. The minimum Gasteiger partial charge on any atom is -0.341 e. The minimum atomic E-state index is 0.165. The summed E-state index contributed by atoms with van der Waals surface area (Å²) in [5.41, 5.74) is 9.27. The van der Waals surface area contributed by atoms with Gasteiger partial charge in [0.15, 0.2) is 0 Å². The number of likely N-dealkylation sites (tertiary alicyclic amines) is 1. The zero-order valence-electron chi connectivity index (χ0n) is 15.2. The Hall–Kier alpha value is -2.92. The summed E-state index contributed by atoms with van der Waals surface area (Å²) in [6.07, 6.45) is 4.07. The number of rotatable bonds is 5. The number of benzene rings is 2. The van der Waals surface area contributed by atoms with E-state index in [0.717, 1.165) is 24.3 Å². The molecule has 0 radical (unpaired) electrons. The Labute approximate surface area is 159 Å². The Kier molecular flexibility index (Phi) is 5.03. The van der Waals surface area contributed by atoms with Crippen molar-refractivity contribution < 1.29 is 4.79 Å². The van der Waals surface area contributed by atoms with E-state index in [1.807, 2.05) is 52.2 Å². The van der Waals surface area contributed by atoms with Gasteiger partial charge in [-0.15, -0.1) is 0 Å². The molecule has 0 unspecified atom stereocenters. The van der Waals surface area contributed by atoms with E-state index >= 15 is 0 Å². The summed E-state index contributed by atoms with van der Waals surface area (Å²) in [5, 5.41) is 4.22. The van der Waals surface area contributed by atoms with Crippen molar-refractivity contribution in [3.05, 3.63) is 84.2 Å². The zero-order valence-corrected chi connectivity index (χ0v) is 15.2. The largest absolute Gasteiger partial charge is 0.341 e. The predicted octanol–water partition coefficient (Wildman–Crippen LogP) is 2.62. The van der Waals surface area contributed by atoms with Gasteiger partial charge < -0.3 is 10.6 Å². The monoisotopic (exact) mass is 360 g/mol. The lowest BCUT2D eigenvalue weighted by Gasteiger charge is -2.17. The summed E-state index contributed by atoms with van der Waals surface area (Å²) in [6, 6.07) is 20.3. The van der Waals surface area contributed by atoms with Crippen molar-refractivity contribution in [1.29, 1.82) is 0 Å². The quantitative estimate of drug-likeness (QED) is 0.761. The second-order valence-electron chi connectivity index (χ2n) is 7.11. The van der Waals surface area contributed by atoms with Crippen molar-refractivity contribution in [3.8, 4) is 5.69 Å². The first-order valence-electron chi connectivity index (χ1n) is 9.36. The van der Waals surface area contributed by atoms with Crippen LogP contribution < -0.4 is 5.73 Å². The van der Waals surface area contributed by atoms with Crippen LogP contribution in [0, 0.1) is 5.92 Å². The number of hydrogen-bond acceptors (Lipinski definition) is 3. The molecule has 1 fully saturated rings. The first kappa shape index (κ1) is 17.5. The van der Waals surface area contributed by atoms with E-state index in [1.54, 1.807) is 6.20 Å². The molecule has 1 aliphatic heterocycles. The van der Waals surface area contributed by atoms with E-state index in [2.05, 4.69) is 29.4 Å².